The molecule has 0 aliphatic carbocycles. The summed E-state index contributed by atoms with van der Waals surface area (Å²) in [6, 6.07) is 7.75. The second-order valence-corrected chi connectivity index (χ2v) is 7.66. The van der Waals surface area contributed by atoms with Gasteiger partial charge in [-0.2, -0.15) is 5.10 Å². The number of carbonyl (C=O) groups is 2. The van der Waals surface area contributed by atoms with E-state index >= 15 is 0 Å². The predicted octanol–water partition coefficient (Wildman–Crippen LogP) is 2.46. The second kappa shape index (κ2) is 7.69. The van der Waals surface area contributed by atoms with Crippen LogP contribution in [0.3, 0.4) is 0 Å². The minimum absolute atomic E-state index is 0.0523. The van der Waals surface area contributed by atoms with Crippen LogP contribution in [-0.4, -0.2) is 51.3 Å². The normalized spacial score (nSPS) is 16.9. The van der Waals surface area contributed by atoms with Crippen LogP contribution in [0.15, 0.2) is 28.8 Å². The molecule has 2 amide bonds. The molecule has 3 heterocycles. The Hall–Kier alpha value is -3.16. The average molecular weight is 395 g/mol. The molecule has 0 bridgehead atoms. The van der Waals surface area contributed by atoms with Gasteiger partial charge >= 0.3 is 0 Å². The molecule has 1 aliphatic heterocycles. The number of piperidine rings is 1. The summed E-state index contributed by atoms with van der Waals surface area (Å²) in [5.41, 5.74) is 2.51. The minimum atomic E-state index is -0.180. The average Bonchev–Trinajstić information content (AvgIpc) is 3.25. The van der Waals surface area contributed by atoms with Crippen molar-refractivity contribution in [2.75, 3.05) is 19.6 Å². The Bertz CT molecular complexity index is 1050. The second-order valence-electron chi connectivity index (χ2n) is 7.66. The number of para-hydroxylation sites is 1. The van der Waals surface area contributed by atoms with Crippen LogP contribution in [0.5, 0.6) is 0 Å². The third kappa shape index (κ3) is 3.62. The van der Waals surface area contributed by atoms with E-state index in [9.17, 15) is 9.59 Å². The molecule has 1 saturated heterocycles. The van der Waals surface area contributed by atoms with E-state index in [0.29, 0.717) is 42.3 Å². The van der Waals surface area contributed by atoms with Gasteiger partial charge in [0.2, 0.25) is 0 Å². The number of hydrogen-bond donors (Lipinski definition) is 1. The summed E-state index contributed by atoms with van der Waals surface area (Å²) in [5, 5.41) is 12.1. The maximum atomic E-state index is 13.1. The number of carbonyl (C=O) groups excluding carboxylic acids is 2. The van der Waals surface area contributed by atoms with E-state index in [0.717, 1.165) is 23.7 Å². The number of nitrogens with zero attached hydrogens (tertiary/aromatic N) is 4. The molecule has 0 radical (unpaired) electrons. The van der Waals surface area contributed by atoms with Gasteiger partial charge in [0.25, 0.3) is 11.8 Å². The van der Waals surface area contributed by atoms with E-state index in [2.05, 4.69) is 15.6 Å². The van der Waals surface area contributed by atoms with Crippen molar-refractivity contribution in [2.45, 2.75) is 26.7 Å². The highest BCUT2D eigenvalue weighted by molar-refractivity contribution is 6.04. The molecule has 1 aromatic carbocycles. The van der Waals surface area contributed by atoms with Crippen molar-refractivity contribution < 1.29 is 14.1 Å². The number of likely N-dealkylation sites (tertiary alicyclic amines) is 1. The van der Waals surface area contributed by atoms with Crippen LogP contribution < -0.4 is 5.32 Å². The molecular weight excluding hydrogens is 370 g/mol. The van der Waals surface area contributed by atoms with Crippen molar-refractivity contribution in [1.82, 2.24) is 25.2 Å². The molecule has 1 atom stereocenters. The van der Waals surface area contributed by atoms with E-state index in [-0.39, 0.29) is 17.7 Å². The first kappa shape index (κ1) is 19.2. The monoisotopic (exact) mass is 395 g/mol. The van der Waals surface area contributed by atoms with Crippen LogP contribution in [-0.2, 0) is 7.05 Å². The zero-order valence-corrected chi connectivity index (χ0v) is 16.9. The van der Waals surface area contributed by atoms with Crippen molar-refractivity contribution in [1.29, 1.82) is 0 Å². The highest BCUT2D eigenvalue weighted by Crippen LogP contribution is 2.23. The fraction of sp³-hybridized carbons (Fsp3) is 0.429. The highest BCUT2D eigenvalue weighted by Gasteiger charge is 2.28. The third-order valence-corrected chi connectivity index (χ3v) is 5.58. The van der Waals surface area contributed by atoms with Gasteiger partial charge in [-0.1, -0.05) is 23.4 Å². The van der Waals surface area contributed by atoms with Gasteiger partial charge in [0.05, 0.1) is 11.2 Å². The number of amides is 2. The highest BCUT2D eigenvalue weighted by atomic mass is 16.5. The van der Waals surface area contributed by atoms with Crippen LogP contribution in [0.4, 0.5) is 0 Å². The fourth-order valence-corrected chi connectivity index (χ4v) is 4.07. The molecule has 29 heavy (non-hydrogen) atoms. The standard InChI is InChI=1S/C21H25N5O3/c1-13-18(14(2)29-24-13)20(27)22-11-15-7-6-10-26(12-15)21(28)19-16-8-4-5-9-17(16)25(3)23-19/h4-5,8-9,15H,6-7,10-12H2,1-3H3,(H,22,27). The minimum Gasteiger partial charge on any atom is -0.361 e. The van der Waals surface area contributed by atoms with E-state index in [1.54, 1.807) is 18.5 Å². The van der Waals surface area contributed by atoms with Gasteiger partial charge in [-0.15, -0.1) is 0 Å². The Morgan fingerprint density at radius 3 is 2.83 bits per heavy atom. The van der Waals surface area contributed by atoms with Crippen molar-refractivity contribution in [2.24, 2.45) is 13.0 Å². The Morgan fingerprint density at radius 2 is 2.07 bits per heavy atom. The van der Waals surface area contributed by atoms with Crippen molar-refractivity contribution >= 4 is 22.7 Å². The molecule has 3 aromatic rings. The van der Waals surface area contributed by atoms with Crippen molar-refractivity contribution in [3.8, 4) is 0 Å². The summed E-state index contributed by atoms with van der Waals surface area (Å²) in [4.78, 5) is 27.5. The number of rotatable bonds is 4. The summed E-state index contributed by atoms with van der Waals surface area (Å²) in [6.45, 7) is 5.30. The van der Waals surface area contributed by atoms with Crippen LogP contribution in [0.1, 0.15) is 45.1 Å². The number of fused-ring (bicyclic) bond motifs is 1. The number of nitrogens with one attached hydrogen (secondary N) is 1. The zero-order chi connectivity index (χ0) is 20.5. The summed E-state index contributed by atoms with van der Waals surface area (Å²) in [7, 11) is 1.85. The zero-order valence-electron chi connectivity index (χ0n) is 16.9. The van der Waals surface area contributed by atoms with Gasteiger partial charge in [-0.05, 0) is 38.7 Å². The molecule has 8 heteroatoms. The van der Waals surface area contributed by atoms with E-state index in [4.69, 9.17) is 4.52 Å². The Labute approximate surface area is 168 Å². The van der Waals surface area contributed by atoms with Crippen molar-refractivity contribution in [3.05, 3.63) is 47.0 Å². The number of benzene rings is 1. The lowest BCUT2D eigenvalue weighted by atomic mass is 9.97. The topological polar surface area (TPSA) is 93.3 Å². The third-order valence-electron chi connectivity index (χ3n) is 5.58. The molecule has 8 nitrogen and oxygen atoms in total. The number of aryl methyl sites for hydroxylation is 3. The summed E-state index contributed by atoms with van der Waals surface area (Å²) >= 11 is 0. The predicted molar refractivity (Wildman–Crippen MR) is 108 cm³/mol. The van der Waals surface area contributed by atoms with Crippen LogP contribution in [0.2, 0.25) is 0 Å². The van der Waals surface area contributed by atoms with E-state index < -0.39 is 0 Å². The smallest absolute Gasteiger partial charge is 0.275 e. The molecule has 152 valence electrons. The molecule has 2 aromatic heterocycles. The van der Waals surface area contributed by atoms with Gasteiger partial charge in [-0.3, -0.25) is 14.3 Å². The SMILES string of the molecule is Cc1noc(C)c1C(=O)NCC1CCCN(C(=O)c2nn(C)c3ccccc23)C1. The number of aromatic nitrogens is 3. The van der Waals surface area contributed by atoms with Gasteiger partial charge in [-0.25, -0.2) is 0 Å². The van der Waals surface area contributed by atoms with Crippen LogP contribution in [0.25, 0.3) is 10.9 Å². The molecule has 1 fully saturated rings. The Morgan fingerprint density at radius 1 is 1.28 bits per heavy atom. The lowest BCUT2D eigenvalue weighted by Gasteiger charge is -2.32. The first-order chi connectivity index (χ1) is 14.0. The maximum Gasteiger partial charge on any atom is 0.275 e. The first-order valence-corrected chi connectivity index (χ1v) is 9.87. The molecule has 1 N–H and O–H groups in total. The molecule has 0 spiro atoms. The maximum absolute atomic E-state index is 13.1. The van der Waals surface area contributed by atoms with Crippen molar-refractivity contribution in [3.63, 3.8) is 0 Å². The summed E-state index contributed by atoms with van der Waals surface area (Å²) in [5.74, 6) is 0.485. The Balaban J connectivity index is 1.43. The Kier molecular flexibility index (Phi) is 5.08. The van der Waals surface area contributed by atoms with Gasteiger partial charge in [0.1, 0.15) is 11.3 Å². The molecule has 4 rings (SSSR count). The molecule has 0 saturated carbocycles. The van der Waals surface area contributed by atoms with Gasteiger partial charge in [0, 0.05) is 32.1 Å². The van der Waals surface area contributed by atoms with Gasteiger partial charge in [0.15, 0.2) is 5.69 Å². The van der Waals surface area contributed by atoms with Crippen LogP contribution in [0, 0.1) is 19.8 Å². The first-order valence-electron chi connectivity index (χ1n) is 9.87. The largest absolute Gasteiger partial charge is 0.361 e. The molecule has 1 unspecified atom stereocenters. The van der Waals surface area contributed by atoms with E-state index in [1.807, 2.05) is 36.2 Å². The lowest BCUT2D eigenvalue weighted by Crippen LogP contribution is -2.44. The van der Waals surface area contributed by atoms with Gasteiger partial charge < -0.3 is 14.7 Å². The van der Waals surface area contributed by atoms with E-state index in [1.165, 1.54) is 0 Å². The van der Waals surface area contributed by atoms with Crippen LogP contribution >= 0.6 is 0 Å². The quantitative estimate of drug-likeness (QED) is 0.732. The molecule has 1 aliphatic rings. The fourth-order valence-electron chi connectivity index (χ4n) is 4.07. The summed E-state index contributed by atoms with van der Waals surface area (Å²) < 4.78 is 6.81. The summed E-state index contributed by atoms with van der Waals surface area (Å²) in [6.07, 6.45) is 1.87. The molecular formula is C21H25N5O3. The number of hydrogen-bond acceptors (Lipinski definition) is 5. The lowest BCUT2D eigenvalue weighted by molar-refractivity contribution is 0.0666.